The van der Waals surface area contributed by atoms with Crippen molar-refractivity contribution in [1.29, 1.82) is 0 Å². The Morgan fingerprint density at radius 2 is 0.833 bits per heavy atom. The van der Waals surface area contributed by atoms with Crippen LogP contribution in [0.15, 0.2) is 36.5 Å². The van der Waals surface area contributed by atoms with Gasteiger partial charge in [-0.15, -0.1) is 0 Å². The topological polar surface area (TPSA) is 189 Å². The molecular formula is C61H115NO10. The standard InChI is InChI=1S/C61H115NO10/c1-3-5-7-9-11-13-15-17-18-19-20-21-22-23-24-25-26-27-28-29-30-31-32-33-34-35-37-38-40-42-44-46-48-53(64)56(66)52(51-71-61-59(69)58(68)57(67)55(50-63)72-61)62-60(70)54(65)49-47-45-43-41-39-36-16-14-12-10-8-6-4-2/h30-31,34-35,40,42,52-59,61,63-69H,3-29,32-33,36-39,41,43-51H2,1-2H3,(H,62,70)/b31-30+,35-34+,42-40+. The fourth-order valence-electron chi connectivity index (χ4n) is 9.71. The number of hydrogen-bond donors (Lipinski definition) is 8. The van der Waals surface area contributed by atoms with Crippen molar-refractivity contribution >= 4 is 5.91 Å². The highest BCUT2D eigenvalue weighted by molar-refractivity contribution is 5.80. The Hall–Kier alpha value is -1.67. The largest absolute Gasteiger partial charge is 0.394 e. The molecule has 0 aromatic heterocycles. The molecule has 1 amide bonds. The van der Waals surface area contributed by atoms with Gasteiger partial charge in [0, 0.05) is 0 Å². The molecule has 0 radical (unpaired) electrons. The maximum absolute atomic E-state index is 13.1. The van der Waals surface area contributed by atoms with Crippen LogP contribution in [0.2, 0.25) is 0 Å². The van der Waals surface area contributed by atoms with E-state index in [1.807, 2.05) is 0 Å². The lowest BCUT2D eigenvalue weighted by Gasteiger charge is -2.40. The van der Waals surface area contributed by atoms with Crippen molar-refractivity contribution in [2.45, 2.75) is 332 Å². The van der Waals surface area contributed by atoms with Crippen molar-refractivity contribution in [2.75, 3.05) is 13.2 Å². The Morgan fingerprint density at radius 1 is 0.472 bits per heavy atom. The summed E-state index contributed by atoms with van der Waals surface area (Å²) in [5.74, 6) is -0.711. The summed E-state index contributed by atoms with van der Waals surface area (Å²) in [6, 6.07) is -1.19. The van der Waals surface area contributed by atoms with Crippen LogP contribution in [0, 0.1) is 0 Å². The molecule has 0 aromatic rings. The fraction of sp³-hybridized carbons (Fsp3) is 0.885. The molecule has 11 nitrogen and oxygen atoms in total. The third-order valence-electron chi connectivity index (χ3n) is 14.7. The van der Waals surface area contributed by atoms with Gasteiger partial charge in [0.2, 0.25) is 5.91 Å². The van der Waals surface area contributed by atoms with Gasteiger partial charge in [-0.25, -0.2) is 0 Å². The Kier molecular flexibility index (Phi) is 47.6. The monoisotopic (exact) mass is 1020 g/mol. The molecule has 1 saturated heterocycles. The van der Waals surface area contributed by atoms with Crippen molar-refractivity contribution in [2.24, 2.45) is 0 Å². The number of allylic oxidation sites excluding steroid dienone is 6. The van der Waals surface area contributed by atoms with Crippen LogP contribution in [0.5, 0.6) is 0 Å². The smallest absolute Gasteiger partial charge is 0.249 e. The zero-order valence-corrected chi connectivity index (χ0v) is 46.4. The zero-order valence-electron chi connectivity index (χ0n) is 46.4. The second-order valence-corrected chi connectivity index (χ2v) is 21.4. The lowest BCUT2D eigenvalue weighted by molar-refractivity contribution is -0.303. The minimum absolute atomic E-state index is 0.242. The lowest BCUT2D eigenvalue weighted by Crippen LogP contribution is -2.60. The molecule has 424 valence electrons. The number of amides is 1. The molecule has 8 N–H and O–H groups in total. The Balaban J connectivity index is 2.26. The number of aliphatic hydroxyl groups is 7. The average molecular weight is 1020 g/mol. The van der Waals surface area contributed by atoms with E-state index in [4.69, 9.17) is 9.47 Å². The van der Waals surface area contributed by atoms with E-state index in [0.29, 0.717) is 19.3 Å². The molecule has 9 atom stereocenters. The van der Waals surface area contributed by atoms with Crippen LogP contribution < -0.4 is 5.32 Å². The van der Waals surface area contributed by atoms with Crippen LogP contribution >= 0.6 is 0 Å². The van der Waals surface area contributed by atoms with Crippen molar-refractivity contribution in [3.05, 3.63) is 36.5 Å². The molecule has 0 bridgehead atoms. The summed E-state index contributed by atoms with van der Waals surface area (Å²) in [6.07, 6.45) is 50.9. The molecule has 0 aliphatic carbocycles. The summed E-state index contributed by atoms with van der Waals surface area (Å²) in [6.45, 7) is 3.45. The average Bonchev–Trinajstić information content (AvgIpc) is 3.38. The van der Waals surface area contributed by atoms with Gasteiger partial charge in [0.25, 0.3) is 0 Å². The van der Waals surface area contributed by atoms with Gasteiger partial charge >= 0.3 is 0 Å². The maximum atomic E-state index is 13.1. The highest BCUT2D eigenvalue weighted by Crippen LogP contribution is 2.23. The number of rotatable bonds is 52. The van der Waals surface area contributed by atoms with Crippen molar-refractivity contribution < 1.29 is 50.0 Å². The Morgan fingerprint density at radius 3 is 1.24 bits per heavy atom. The van der Waals surface area contributed by atoms with Gasteiger partial charge in [-0.05, 0) is 64.2 Å². The quantitative estimate of drug-likeness (QED) is 0.0215. The van der Waals surface area contributed by atoms with Crippen LogP contribution in [0.4, 0.5) is 0 Å². The molecule has 1 aliphatic rings. The molecular weight excluding hydrogens is 907 g/mol. The first-order valence-corrected chi connectivity index (χ1v) is 30.4. The number of carbonyl (C=O) groups is 1. The first-order chi connectivity index (χ1) is 35.2. The number of hydrogen-bond acceptors (Lipinski definition) is 10. The molecule has 0 aromatic carbocycles. The Labute approximate surface area is 441 Å². The molecule has 72 heavy (non-hydrogen) atoms. The maximum Gasteiger partial charge on any atom is 0.249 e. The number of nitrogens with one attached hydrogen (secondary N) is 1. The van der Waals surface area contributed by atoms with Gasteiger partial charge in [0.15, 0.2) is 6.29 Å². The van der Waals surface area contributed by atoms with E-state index in [9.17, 15) is 40.5 Å². The molecule has 1 rings (SSSR count). The van der Waals surface area contributed by atoms with Crippen molar-refractivity contribution in [3.63, 3.8) is 0 Å². The molecule has 1 fully saturated rings. The minimum atomic E-state index is -1.67. The van der Waals surface area contributed by atoms with E-state index in [2.05, 4.69) is 55.6 Å². The van der Waals surface area contributed by atoms with E-state index < -0.39 is 74.2 Å². The SMILES string of the molecule is CCCCCCCCCCCCCCCCCCCCC/C=C/CC/C=C/CC/C=C/CCCC(O)C(O)C(COC1OC(CO)C(O)C(O)C1O)NC(=O)C(O)CCCCCCCCCCCCCCC. The molecule has 1 heterocycles. The second kappa shape index (κ2) is 50.2. The summed E-state index contributed by atoms with van der Waals surface area (Å²) in [5, 5.41) is 76.0. The van der Waals surface area contributed by atoms with Gasteiger partial charge in [-0.1, -0.05) is 249 Å². The van der Waals surface area contributed by atoms with Gasteiger partial charge < -0.3 is 50.5 Å². The summed E-state index contributed by atoms with van der Waals surface area (Å²) in [4.78, 5) is 13.1. The Bertz CT molecular complexity index is 1260. The third-order valence-corrected chi connectivity index (χ3v) is 14.7. The number of aliphatic hydroxyl groups excluding tert-OH is 7. The van der Waals surface area contributed by atoms with E-state index >= 15 is 0 Å². The second-order valence-electron chi connectivity index (χ2n) is 21.4. The number of carbonyl (C=O) groups excluding carboxylic acids is 1. The van der Waals surface area contributed by atoms with Crippen LogP contribution in [0.1, 0.15) is 277 Å². The van der Waals surface area contributed by atoms with Crippen LogP contribution in [0.25, 0.3) is 0 Å². The normalized spacial score (nSPS) is 20.3. The summed E-state index contributed by atoms with van der Waals surface area (Å²) < 4.78 is 11.1. The van der Waals surface area contributed by atoms with Crippen molar-refractivity contribution in [1.82, 2.24) is 5.32 Å². The van der Waals surface area contributed by atoms with E-state index in [1.165, 1.54) is 186 Å². The summed E-state index contributed by atoms with van der Waals surface area (Å²) >= 11 is 0. The number of unbranched alkanes of at least 4 members (excludes halogenated alkanes) is 34. The van der Waals surface area contributed by atoms with Crippen LogP contribution in [-0.2, 0) is 14.3 Å². The molecule has 0 spiro atoms. The van der Waals surface area contributed by atoms with Crippen molar-refractivity contribution in [3.8, 4) is 0 Å². The lowest BCUT2D eigenvalue weighted by atomic mass is 9.98. The summed E-state index contributed by atoms with van der Waals surface area (Å²) in [7, 11) is 0. The third kappa shape index (κ3) is 38.0. The van der Waals surface area contributed by atoms with Gasteiger partial charge in [0.1, 0.15) is 36.6 Å². The highest BCUT2D eigenvalue weighted by atomic mass is 16.7. The van der Waals surface area contributed by atoms with E-state index in [0.717, 1.165) is 44.9 Å². The number of ether oxygens (including phenoxy) is 2. The molecule has 9 unspecified atom stereocenters. The predicted octanol–water partition coefficient (Wildman–Crippen LogP) is 13.1. The first kappa shape index (κ1) is 68.3. The first-order valence-electron chi connectivity index (χ1n) is 30.4. The minimum Gasteiger partial charge on any atom is -0.394 e. The van der Waals surface area contributed by atoms with Crippen LogP contribution in [-0.4, -0.2) is 110 Å². The van der Waals surface area contributed by atoms with Gasteiger partial charge in [-0.3, -0.25) is 4.79 Å². The highest BCUT2D eigenvalue weighted by Gasteiger charge is 2.44. The molecule has 1 aliphatic heterocycles. The van der Waals surface area contributed by atoms with Gasteiger partial charge in [0.05, 0.1) is 25.4 Å². The van der Waals surface area contributed by atoms with E-state index in [-0.39, 0.29) is 12.8 Å². The predicted molar refractivity (Wildman–Crippen MR) is 298 cm³/mol. The molecule has 0 saturated carbocycles. The zero-order chi connectivity index (χ0) is 52.5. The fourth-order valence-corrected chi connectivity index (χ4v) is 9.71. The molecule has 11 heteroatoms. The van der Waals surface area contributed by atoms with Gasteiger partial charge in [-0.2, -0.15) is 0 Å². The summed E-state index contributed by atoms with van der Waals surface area (Å²) in [5.41, 5.74) is 0. The van der Waals surface area contributed by atoms with Crippen LogP contribution in [0.3, 0.4) is 0 Å². The van der Waals surface area contributed by atoms with E-state index in [1.54, 1.807) is 0 Å².